The van der Waals surface area contributed by atoms with E-state index in [4.69, 9.17) is 4.74 Å². The topological polar surface area (TPSA) is 26.3 Å². The lowest BCUT2D eigenvalue weighted by molar-refractivity contribution is -0.139. The van der Waals surface area contributed by atoms with Gasteiger partial charge in [0.2, 0.25) is 0 Å². The first-order chi connectivity index (χ1) is 7.20. The van der Waals surface area contributed by atoms with E-state index in [2.05, 4.69) is 20.4 Å². The van der Waals surface area contributed by atoms with Crippen molar-refractivity contribution in [1.29, 1.82) is 0 Å². The van der Waals surface area contributed by atoms with Crippen molar-refractivity contribution in [3.63, 3.8) is 0 Å². The van der Waals surface area contributed by atoms with Gasteiger partial charge in [-0.05, 0) is 12.8 Å². The number of hydrogen-bond donors (Lipinski definition) is 0. The fourth-order valence-electron chi connectivity index (χ4n) is 1.35. The molecular weight excluding hydrogens is 188 g/mol. The molecule has 0 aromatic heterocycles. The summed E-state index contributed by atoms with van der Waals surface area (Å²) in [4.78, 5) is 11.3. The second-order valence-electron chi connectivity index (χ2n) is 3.93. The minimum absolute atomic E-state index is 0.120. The lowest BCUT2D eigenvalue weighted by Gasteiger charge is -2.06. The maximum atomic E-state index is 11.3. The van der Waals surface area contributed by atoms with Crippen LogP contribution >= 0.6 is 0 Å². The number of unbranched alkanes of at least 4 members (excludes halogenated alkanes) is 4. The molecule has 0 aliphatic rings. The first kappa shape index (κ1) is 14.2. The van der Waals surface area contributed by atoms with Crippen LogP contribution in [0.25, 0.3) is 0 Å². The minimum Gasteiger partial charge on any atom is -0.432 e. The molecule has 0 aromatic rings. The van der Waals surface area contributed by atoms with Gasteiger partial charge in [-0.25, -0.2) is 0 Å². The number of esters is 1. The number of hydrogen-bond acceptors (Lipinski definition) is 2. The summed E-state index contributed by atoms with van der Waals surface area (Å²) in [6.07, 6.45) is 7.91. The van der Waals surface area contributed by atoms with Crippen molar-refractivity contribution in [2.45, 2.75) is 65.2 Å². The van der Waals surface area contributed by atoms with E-state index in [0.717, 1.165) is 32.1 Å². The Bertz CT molecular complexity index is 165. The molecule has 0 heterocycles. The number of rotatable bonds is 9. The van der Waals surface area contributed by atoms with Gasteiger partial charge in [0.25, 0.3) is 0 Å². The largest absolute Gasteiger partial charge is 0.432 e. The summed E-state index contributed by atoms with van der Waals surface area (Å²) in [6.45, 7) is 8.02. The van der Waals surface area contributed by atoms with Crippen molar-refractivity contribution >= 4 is 5.97 Å². The van der Waals surface area contributed by atoms with Gasteiger partial charge in [0.05, 0.1) is 0 Å². The molecule has 0 spiro atoms. The van der Waals surface area contributed by atoms with Crippen molar-refractivity contribution in [3.05, 3.63) is 12.3 Å². The standard InChI is InChI=1S/C13H24O2/c1-4-6-8-10-12(3)15-13(14)11-9-7-5-2/h3-11H2,1-2H3. The summed E-state index contributed by atoms with van der Waals surface area (Å²) < 4.78 is 5.11. The molecule has 15 heavy (non-hydrogen) atoms. The molecule has 0 atom stereocenters. The molecule has 2 nitrogen and oxygen atoms in total. The average Bonchev–Trinajstić information content (AvgIpc) is 2.18. The van der Waals surface area contributed by atoms with Crippen LogP contribution in [0.15, 0.2) is 12.3 Å². The van der Waals surface area contributed by atoms with E-state index in [0.29, 0.717) is 12.2 Å². The monoisotopic (exact) mass is 212 g/mol. The Labute approximate surface area is 93.7 Å². The molecule has 0 amide bonds. The molecule has 88 valence electrons. The van der Waals surface area contributed by atoms with E-state index in [1.165, 1.54) is 12.8 Å². The van der Waals surface area contributed by atoms with Crippen LogP contribution in [0, 0.1) is 0 Å². The average molecular weight is 212 g/mol. The highest BCUT2D eigenvalue weighted by Gasteiger charge is 2.04. The van der Waals surface area contributed by atoms with Gasteiger partial charge in [-0.1, -0.05) is 46.1 Å². The van der Waals surface area contributed by atoms with Gasteiger partial charge in [0.1, 0.15) is 5.76 Å². The molecule has 0 radical (unpaired) electrons. The van der Waals surface area contributed by atoms with E-state index >= 15 is 0 Å². The molecule has 2 heteroatoms. The highest BCUT2D eigenvalue weighted by molar-refractivity contribution is 5.70. The predicted octanol–water partition coefficient (Wildman–Crippen LogP) is 4.20. The first-order valence-corrected chi connectivity index (χ1v) is 6.09. The Morgan fingerprint density at radius 2 is 1.53 bits per heavy atom. The van der Waals surface area contributed by atoms with E-state index < -0.39 is 0 Å². The van der Waals surface area contributed by atoms with Gasteiger partial charge in [-0.15, -0.1) is 0 Å². The molecule has 0 unspecified atom stereocenters. The van der Waals surface area contributed by atoms with Crippen LogP contribution in [0.3, 0.4) is 0 Å². The molecule has 0 N–H and O–H groups in total. The number of ether oxygens (including phenoxy) is 1. The fourth-order valence-corrected chi connectivity index (χ4v) is 1.35. The highest BCUT2D eigenvalue weighted by Crippen LogP contribution is 2.10. The molecule has 0 saturated heterocycles. The Hall–Kier alpha value is -0.790. The highest BCUT2D eigenvalue weighted by atomic mass is 16.5. The number of carbonyl (C=O) groups excluding carboxylic acids is 1. The Morgan fingerprint density at radius 1 is 1.00 bits per heavy atom. The molecule has 0 aliphatic heterocycles. The fraction of sp³-hybridized carbons (Fsp3) is 0.769. The van der Waals surface area contributed by atoms with Gasteiger partial charge < -0.3 is 4.74 Å². The SMILES string of the molecule is C=C(CCCCC)OC(=O)CCCCC. The van der Waals surface area contributed by atoms with Crippen LogP contribution in [-0.4, -0.2) is 5.97 Å². The zero-order chi connectivity index (χ0) is 11.5. The molecular formula is C13H24O2. The van der Waals surface area contributed by atoms with Crippen LogP contribution in [-0.2, 0) is 9.53 Å². The summed E-state index contributed by atoms with van der Waals surface area (Å²) in [6, 6.07) is 0. The van der Waals surface area contributed by atoms with Crippen molar-refractivity contribution in [3.8, 4) is 0 Å². The number of carbonyl (C=O) groups is 1. The molecule has 0 saturated carbocycles. The Morgan fingerprint density at radius 3 is 2.07 bits per heavy atom. The van der Waals surface area contributed by atoms with Gasteiger partial charge in [-0.3, -0.25) is 4.79 Å². The van der Waals surface area contributed by atoms with Gasteiger partial charge in [0, 0.05) is 12.8 Å². The van der Waals surface area contributed by atoms with Crippen LogP contribution in [0.2, 0.25) is 0 Å². The molecule has 0 bridgehead atoms. The summed E-state index contributed by atoms with van der Waals surface area (Å²) >= 11 is 0. The quantitative estimate of drug-likeness (QED) is 0.325. The van der Waals surface area contributed by atoms with Crippen LogP contribution in [0.5, 0.6) is 0 Å². The number of allylic oxidation sites excluding steroid dienone is 1. The third kappa shape index (κ3) is 9.51. The first-order valence-electron chi connectivity index (χ1n) is 6.09. The summed E-state index contributed by atoms with van der Waals surface area (Å²) in [7, 11) is 0. The lowest BCUT2D eigenvalue weighted by Crippen LogP contribution is -2.03. The van der Waals surface area contributed by atoms with Gasteiger partial charge >= 0.3 is 5.97 Å². The van der Waals surface area contributed by atoms with E-state index in [1.807, 2.05) is 0 Å². The predicted molar refractivity (Wildman–Crippen MR) is 63.5 cm³/mol. The van der Waals surface area contributed by atoms with E-state index in [9.17, 15) is 4.79 Å². The van der Waals surface area contributed by atoms with Crippen LogP contribution < -0.4 is 0 Å². The van der Waals surface area contributed by atoms with E-state index in [-0.39, 0.29) is 5.97 Å². The lowest BCUT2D eigenvalue weighted by atomic mass is 10.2. The third-order valence-electron chi connectivity index (χ3n) is 2.30. The molecule has 0 aromatic carbocycles. The zero-order valence-electron chi connectivity index (χ0n) is 10.2. The van der Waals surface area contributed by atoms with Crippen molar-refractivity contribution in [1.82, 2.24) is 0 Å². The zero-order valence-corrected chi connectivity index (χ0v) is 10.2. The summed E-state index contributed by atoms with van der Waals surface area (Å²) in [5, 5.41) is 0. The second kappa shape index (κ2) is 9.75. The van der Waals surface area contributed by atoms with E-state index in [1.54, 1.807) is 0 Å². The normalized spacial score (nSPS) is 10.0. The van der Waals surface area contributed by atoms with Crippen molar-refractivity contribution < 1.29 is 9.53 Å². The molecule has 0 fully saturated rings. The van der Waals surface area contributed by atoms with Crippen molar-refractivity contribution in [2.75, 3.05) is 0 Å². The van der Waals surface area contributed by atoms with Gasteiger partial charge in [0.15, 0.2) is 0 Å². The smallest absolute Gasteiger partial charge is 0.310 e. The molecule has 0 aliphatic carbocycles. The van der Waals surface area contributed by atoms with Crippen LogP contribution in [0.4, 0.5) is 0 Å². The van der Waals surface area contributed by atoms with Gasteiger partial charge in [-0.2, -0.15) is 0 Å². The Balaban J connectivity index is 3.45. The molecule has 0 rings (SSSR count). The summed E-state index contributed by atoms with van der Waals surface area (Å²) in [5.41, 5.74) is 0. The Kier molecular flexibility index (Phi) is 9.24. The minimum atomic E-state index is -0.120. The summed E-state index contributed by atoms with van der Waals surface area (Å²) in [5.74, 6) is 0.509. The maximum Gasteiger partial charge on any atom is 0.310 e. The van der Waals surface area contributed by atoms with Crippen molar-refractivity contribution in [2.24, 2.45) is 0 Å². The third-order valence-corrected chi connectivity index (χ3v) is 2.30. The van der Waals surface area contributed by atoms with Crippen LogP contribution in [0.1, 0.15) is 65.2 Å². The second-order valence-corrected chi connectivity index (χ2v) is 3.93. The maximum absolute atomic E-state index is 11.3.